The fraction of sp³-hybridized carbons (Fsp3) is 0.600. The summed E-state index contributed by atoms with van der Waals surface area (Å²) in [6.07, 6.45) is 2.66. The summed E-state index contributed by atoms with van der Waals surface area (Å²) in [5.41, 5.74) is 3.11. The third-order valence-corrected chi connectivity index (χ3v) is 5.63. The number of hydrogen-bond donors (Lipinski definition) is 3. The number of aromatic nitrogens is 4. The molecule has 9 heteroatoms. The van der Waals surface area contributed by atoms with Crippen LogP contribution in [0.4, 0.5) is 17.6 Å². The third kappa shape index (κ3) is 3.78. The van der Waals surface area contributed by atoms with Crippen molar-refractivity contribution < 1.29 is 9.90 Å². The molecule has 2 aliphatic rings. The number of rotatable bonds is 5. The Bertz CT molecular complexity index is 908. The third-order valence-electron chi connectivity index (χ3n) is 5.63. The molecular weight excluding hydrogens is 370 g/mol. The van der Waals surface area contributed by atoms with Crippen LogP contribution in [0.3, 0.4) is 0 Å². The van der Waals surface area contributed by atoms with Crippen molar-refractivity contribution in [3.05, 3.63) is 23.0 Å². The summed E-state index contributed by atoms with van der Waals surface area (Å²) in [7, 11) is 3.46. The summed E-state index contributed by atoms with van der Waals surface area (Å²) >= 11 is 0. The number of anilines is 3. The zero-order chi connectivity index (χ0) is 20.7. The van der Waals surface area contributed by atoms with E-state index in [0.717, 1.165) is 47.8 Å². The Kier molecular flexibility index (Phi) is 5.16. The van der Waals surface area contributed by atoms with Crippen molar-refractivity contribution in [1.82, 2.24) is 25.1 Å². The first-order valence-corrected chi connectivity index (χ1v) is 10.2. The number of aliphatic hydroxyl groups is 1. The minimum atomic E-state index is -0.571. The highest BCUT2D eigenvalue weighted by Gasteiger charge is 2.39. The van der Waals surface area contributed by atoms with Gasteiger partial charge in [-0.15, -0.1) is 0 Å². The van der Waals surface area contributed by atoms with Crippen LogP contribution in [-0.4, -0.2) is 68.9 Å². The van der Waals surface area contributed by atoms with Crippen molar-refractivity contribution in [1.29, 1.82) is 0 Å². The molecule has 4 rings (SSSR count). The van der Waals surface area contributed by atoms with Gasteiger partial charge in [0.2, 0.25) is 11.9 Å². The number of nitrogens with zero attached hydrogens (tertiary/aromatic N) is 5. The zero-order valence-electron chi connectivity index (χ0n) is 17.4. The first kappa shape index (κ1) is 19.6. The molecule has 2 aromatic rings. The summed E-state index contributed by atoms with van der Waals surface area (Å²) in [5, 5.41) is 21.0. The van der Waals surface area contributed by atoms with Gasteiger partial charge in [0.05, 0.1) is 17.5 Å². The molecule has 1 saturated heterocycles. The SMILES string of the molecule is CC(C)c1cc(Nc2nc(N3CC(O)CC3C(=O)N(C)C)nc3c2CCC3)[nH]n1. The molecule has 2 atom stereocenters. The Hall–Kier alpha value is -2.68. The van der Waals surface area contributed by atoms with Crippen LogP contribution in [0.15, 0.2) is 6.07 Å². The van der Waals surface area contributed by atoms with Crippen LogP contribution in [0.2, 0.25) is 0 Å². The normalized spacial score (nSPS) is 21.0. The maximum atomic E-state index is 12.6. The second-order valence-corrected chi connectivity index (χ2v) is 8.43. The van der Waals surface area contributed by atoms with Gasteiger partial charge < -0.3 is 20.2 Å². The lowest BCUT2D eigenvalue weighted by molar-refractivity contribution is -0.130. The Balaban J connectivity index is 1.68. The van der Waals surface area contributed by atoms with Gasteiger partial charge >= 0.3 is 0 Å². The molecular formula is C20H29N7O2. The number of amides is 1. The van der Waals surface area contributed by atoms with Gasteiger partial charge in [-0.1, -0.05) is 13.8 Å². The molecule has 2 unspecified atom stereocenters. The molecule has 0 bridgehead atoms. The fourth-order valence-corrected chi connectivity index (χ4v) is 4.04. The van der Waals surface area contributed by atoms with E-state index in [1.807, 2.05) is 11.0 Å². The Morgan fingerprint density at radius 3 is 2.83 bits per heavy atom. The molecule has 1 aliphatic carbocycles. The van der Waals surface area contributed by atoms with Crippen molar-refractivity contribution in [2.75, 3.05) is 30.9 Å². The van der Waals surface area contributed by atoms with E-state index in [0.29, 0.717) is 24.8 Å². The molecule has 9 nitrogen and oxygen atoms in total. The van der Waals surface area contributed by atoms with E-state index in [-0.39, 0.29) is 5.91 Å². The second kappa shape index (κ2) is 7.62. The molecule has 0 spiro atoms. The quantitative estimate of drug-likeness (QED) is 0.700. The second-order valence-electron chi connectivity index (χ2n) is 8.43. The number of aryl methyl sites for hydroxylation is 1. The van der Waals surface area contributed by atoms with Gasteiger partial charge in [0.15, 0.2) is 0 Å². The molecule has 29 heavy (non-hydrogen) atoms. The van der Waals surface area contributed by atoms with Gasteiger partial charge in [-0.3, -0.25) is 9.89 Å². The van der Waals surface area contributed by atoms with Gasteiger partial charge in [-0.05, 0) is 25.2 Å². The van der Waals surface area contributed by atoms with Crippen LogP contribution in [0.25, 0.3) is 0 Å². The van der Waals surface area contributed by atoms with Crippen molar-refractivity contribution in [2.45, 2.75) is 57.6 Å². The molecule has 1 fully saturated rings. The molecule has 2 aromatic heterocycles. The minimum absolute atomic E-state index is 0.0460. The predicted octanol–water partition coefficient (Wildman–Crippen LogP) is 1.58. The van der Waals surface area contributed by atoms with Gasteiger partial charge in [0.1, 0.15) is 17.7 Å². The summed E-state index contributed by atoms with van der Waals surface area (Å²) in [6, 6.07) is 1.54. The van der Waals surface area contributed by atoms with E-state index >= 15 is 0 Å². The molecule has 1 aliphatic heterocycles. The van der Waals surface area contributed by atoms with E-state index in [1.165, 1.54) is 0 Å². The maximum absolute atomic E-state index is 12.6. The number of fused-ring (bicyclic) bond motifs is 1. The highest BCUT2D eigenvalue weighted by molar-refractivity contribution is 5.85. The van der Waals surface area contributed by atoms with Gasteiger partial charge in [-0.2, -0.15) is 10.1 Å². The number of β-amino-alcohol motifs (C(OH)–C–C–N with tert-alkyl or cyclic N) is 1. The van der Waals surface area contributed by atoms with Gasteiger partial charge in [-0.25, -0.2) is 4.98 Å². The first-order valence-electron chi connectivity index (χ1n) is 10.2. The van der Waals surface area contributed by atoms with Crippen LogP contribution < -0.4 is 10.2 Å². The molecule has 0 saturated carbocycles. The van der Waals surface area contributed by atoms with Crippen LogP contribution in [-0.2, 0) is 17.6 Å². The summed E-state index contributed by atoms with van der Waals surface area (Å²) in [5.74, 6) is 2.31. The van der Waals surface area contributed by atoms with Crippen molar-refractivity contribution >= 4 is 23.5 Å². The molecule has 156 valence electrons. The number of hydrogen-bond acceptors (Lipinski definition) is 7. The lowest BCUT2D eigenvalue weighted by Gasteiger charge is -2.26. The lowest BCUT2D eigenvalue weighted by atomic mass is 10.1. The highest BCUT2D eigenvalue weighted by atomic mass is 16.3. The highest BCUT2D eigenvalue weighted by Crippen LogP contribution is 2.33. The Labute approximate surface area is 170 Å². The van der Waals surface area contributed by atoms with E-state index in [1.54, 1.807) is 19.0 Å². The van der Waals surface area contributed by atoms with Crippen molar-refractivity contribution in [3.8, 4) is 0 Å². The van der Waals surface area contributed by atoms with Gasteiger partial charge in [0.25, 0.3) is 0 Å². The number of carbonyl (C=O) groups is 1. The largest absolute Gasteiger partial charge is 0.391 e. The molecule has 3 heterocycles. The summed E-state index contributed by atoms with van der Waals surface area (Å²) in [4.78, 5) is 25.6. The maximum Gasteiger partial charge on any atom is 0.244 e. The van der Waals surface area contributed by atoms with E-state index in [2.05, 4.69) is 29.4 Å². The number of likely N-dealkylation sites (N-methyl/N-ethyl adjacent to an activating group) is 1. The van der Waals surface area contributed by atoms with Crippen molar-refractivity contribution in [3.63, 3.8) is 0 Å². The van der Waals surface area contributed by atoms with E-state index in [9.17, 15) is 9.90 Å². The summed E-state index contributed by atoms with van der Waals surface area (Å²) < 4.78 is 0. The van der Waals surface area contributed by atoms with Crippen LogP contribution in [0.1, 0.15) is 49.6 Å². The topological polar surface area (TPSA) is 110 Å². The zero-order valence-corrected chi connectivity index (χ0v) is 17.4. The number of nitrogens with one attached hydrogen (secondary N) is 2. The number of carbonyl (C=O) groups excluding carboxylic acids is 1. The number of H-pyrrole nitrogens is 1. The van der Waals surface area contributed by atoms with Gasteiger partial charge in [0, 0.05) is 38.7 Å². The first-order chi connectivity index (χ1) is 13.8. The number of aromatic amines is 1. The predicted molar refractivity (Wildman–Crippen MR) is 110 cm³/mol. The number of aliphatic hydroxyl groups excluding tert-OH is 1. The lowest BCUT2D eigenvalue weighted by Crippen LogP contribution is -2.43. The summed E-state index contributed by atoms with van der Waals surface area (Å²) in [6.45, 7) is 4.55. The fourth-order valence-electron chi connectivity index (χ4n) is 4.04. The monoisotopic (exact) mass is 399 g/mol. The minimum Gasteiger partial charge on any atom is -0.391 e. The smallest absolute Gasteiger partial charge is 0.244 e. The van der Waals surface area contributed by atoms with E-state index in [4.69, 9.17) is 9.97 Å². The standard InChI is InChI=1S/C20H29N7O2/c1-11(2)15-9-17(25-24-15)22-18-13-6-5-7-14(13)21-20(23-18)27-10-12(28)8-16(27)19(29)26(3)4/h9,11-12,16,28H,5-8,10H2,1-4H3,(H2,21,22,23,24,25). The average Bonchev–Trinajstić information content (AvgIpc) is 3.39. The molecule has 3 N–H and O–H groups in total. The van der Waals surface area contributed by atoms with Crippen LogP contribution >= 0.6 is 0 Å². The Morgan fingerprint density at radius 2 is 2.14 bits per heavy atom. The molecule has 1 amide bonds. The average molecular weight is 399 g/mol. The van der Waals surface area contributed by atoms with Crippen LogP contribution in [0, 0.1) is 0 Å². The van der Waals surface area contributed by atoms with Crippen molar-refractivity contribution in [2.24, 2.45) is 0 Å². The van der Waals surface area contributed by atoms with E-state index < -0.39 is 12.1 Å². The Morgan fingerprint density at radius 1 is 1.34 bits per heavy atom. The van der Waals surface area contributed by atoms with Crippen LogP contribution in [0.5, 0.6) is 0 Å². The molecule has 0 aromatic carbocycles. The molecule has 0 radical (unpaired) electrons.